The van der Waals surface area contributed by atoms with Crippen molar-refractivity contribution in [2.24, 2.45) is 0 Å². The number of urea groups is 1. The van der Waals surface area contributed by atoms with E-state index < -0.39 is 0 Å². The number of carbonyl (C=O) groups is 1. The third kappa shape index (κ3) is 3.43. The average molecular weight is 304 g/mol. The molecule has 4 heteroatoms. The predicted octanol–water partition coefficient (Wildman–Crippen LogP) is 2.91. The van der Waals surface area contributed by atoms with Crippen LogP contribution in [0.5, 0.6) is 0 Å². The van der Waals surface area contributed by atoms with Gasteiger partial charge in [-0.05, 0) is 24.8 Å². The van der Waals surface area contributed by atoms with Crippen molar-refractivity contribution >= 4 is 6.03 Å². The summed E-state index contributed by atoms with van der Waals surface area (Å²) >= 11 is 0. The fourth-order valence-corrected chi connectivity index (χ4v) is 3.39. The Labute approximate surface area is 133 Å². The average Bonchev–Trinajstić information content (AvgIpc) is 3.01. The SMILES string of the molecule is CCC(NC(=O)N1CCC[C@@H]1CO)C(C)(C)c1ccccc1. The third-order valence-electron chi connectivity index (χ3n) is 4.94. The van der Waals surface area contributed by atoms with E-state index in [-0.39, 0.29) is 30.1 Å². The molecule has 4 nitrogen and oxygen atoms in total. The minimum absolute atomic E-state index is 0.0302. The molecule has 0 aliphatic carbocycles. The molecule has 0 radical (unpaired) electrons. The van der Waals surface area contributed by atoms with Crippen LogP contribution in [0, 0.1) is 0 Å². The maximum Gasteiger partial charge on any atom is 0.317 e. The Morgan fingerprint density at radius 3 is 2.68 bits per heavy atom. The van der Waals surface area contributed by atoms with Gasteiger partial charge in [-0.3, -0.25) is 0 Å². The minimum atomic E-state index is -0.139. The van der Waals surface area contributed by atoms with Gasteiger partial charge in [0.1, 0.15) is 0 Å². The van der Waals surface area contributed by atoms with Gasteiger partial charge in [-0.2, -0.15) is 0 Å². The highest BCUT2D eigenvalue weighted by Gasteiger charge is 2.34. The molecule has 122 valence electrons. The molecule has 22 heavy (non-hydrogen) atoms. The van der Waals surface area contributed by atoms with Crippen molar-refractivity contribution in [1.82, 2.24) is 10.2 Å². The van der Waals surface area contributed by atoms with E-state index >= 15 is 0 Å². The topological polar surface area (TPSA) is 52.6 Å². The van der Waals surface area contributed by atoms with Crippen LogP contribution in [0.25, 0.3) is 0 Å². The van der Waals surface area contributed by atoms with Gasteiger partial charge >= 0.3 is 6.03 Å². The van der Waals surface area contributed by atoms with Crippen LogP contribution in [-0.2, 0) is 5.41 Å². The van der Waals surface area contributed by atoms with E-state index in [0.717, 1.165) is 25.8 Å². The van der Waals surface area contributed by atoms with E-state index in [1.807, 2.05) is 18.2 Å². The van der Waals surface area contributed by atoms with Crippen LogP contribution in [0.15, 0.2) is 30.3 Å². The van der Waals surface area contributed by atoms with Gasteiger partial charge in [0.05, 0.1) is 12.6 Å². The molecule has 1 saturated heterocycles. The number of nitrogens with zero attached hydrogens (tertiary/aromatic N) is 1. The lowest BCUT2D eigenvalue weighted by Gasteiger charge is -2.36. The Kier molecular flexibility index (Phi) is 5.46. The minimum Gasteiger partial charge on any atom is -0.394 e. The molecule has 0 saturated carbocycles. The summed E-state index contributed by atoms with van der Waals surface area (Å²) in [7, 11) is 0. The van der Waals surface area contributed by atoms with Crippen LogP contribution in [0.3, 0.4) is 0 Å². The standard InChI is InChI=1S/C18H28N2O2/c1-4-16(18(2,3)14-9-6-5-7-10-14)19-17(22)20-12-8-11-15(20)13-21/h5-7,9-10,15-16,21H,4,8,11-13H2,1-3H3,(H,19,22)/t15-,16?/m1/s1. The molecular formula is C18H28N2O2. The number of benzene rings is 1. The van der Waals surface area contributed by atoms with E-state index in [4.69, 9.17) is 0 Å². The van der Waals surface area contributed by atoms with Gasteiger partial charge in [0.2, 0.25) is 0 Å². The van der Waals surface area contributed by atoms with Gasteiger partial charge in [0, 0.05) is 18.0 Å². The first-order valence-electron chi connectivity index (χ1n) is 8.24. The molecule has 0 aromatic heterocycles. The predicted molar refractivity (Wildman–Crippen MR) is 88.9 cm³/mol. The van der Waals surface area contributed by atoms with Crippen molar-refractivity contribution in [1.29, 1.82) is 0 Å². The quantitative estimate of drug-likeness (QED) is 0.879. The highest BCUT2D eigenvalue weighted by atomic mass is 16.3. The van der Waals surface area contributed by atoms with Crippen molar-refractivity contribution in [2.45, 2.75) is 57.5 Å². The van der Waals surface area contributed by atoms with E-state index in [1.165, 1.54) is 5.56 Å². The largest absolute Gasteiger partial charge is 0.394 e. The van der Waals surface area contributed by atoms with Crippen molar-refractivity contribution in [3.05, 3.63) is 35.9 Å². The van der Waals surface area contributed by atoms with Crippen molar-refractivity contribution < 1.29 is 9.90 Å². The second-order valence-electron chi connectivity index (χ2n) is 6.67. The van der Waals surface area contributed by atoms with Crippen LogP contribution in [0.1, 0.15) is 45.6 Å². The summed E-state index contributed by atoms with van der Waals surface area (Å²) in [5, 5.41) is 12.6. The fraction of sp³-hybridized carbons (Fsp3) is 0.611. The van der Waals surface area contributed by atoms with Gasteiger partial charge < -0.3 is 15.3 Å². The molecule has 0 spiro atoms. The molecule has 1 aromatic rings. The Morgan fingerprint density at radius 2 is 2.09 bits per heavy atom. The first-order valence-corrected chi connectivity index (χ1v) is 8.24. The van der Waals surface area contributed by atoms with E-state index in [1.54, 1.807) is 4.90 Å². The van der Waals surface area contributed by atoms with Gasteiger partial charge in [-0.1, -0.05) is 51.1 Å². The molecule has 1 aliphatic heterocycles. The van der Waals surface area contributed by atoms with E-state index in [2.05, 4.69) is 38.2 Å². The third-order valence-corrected chi connectivity index (χ3v) is 4.94. The van der Waals surface area contributed by atoms with E-state index in [0.29, 0.717) is 0 Å². The molecule has 1 aromatic carbocycles. The molecule has 2 atom stereocenters. The van der Waals surface area contributed by atoms with Crippen LogP contribution >= 0.6 is 0 Å². The zero-order valence-electron chi connectivity index (χ0n) is 13.9. The maximum atomic E-state index is 12.6. The van der Waals surface area contributed by atoms with E-state index in [9.17, 15) is 9.90 Å². The molecule has 1 heterocycles. The molecule has 0 bridgehead atoms. The Morgan fingerprint density at radius 1 is 1.41 bits per heavy atom. The monoisotopic (exact) mass is 304 g/mol. The summed E-state index contributed by atoms with van der Waals surface area (Å²) < 4.78 is 0. The Balaban J connectivity index is 2.10. The van der Waals surface area contributed by atoms with Gasteiger partial charge in [-0.15, -0.1) is 0 Å². The first-order chi connectivity index (χ1) is 10.5. The number of carbonyl (C=O) groups excluding carboxylic acids is 1. The van der Waals surface area contributed by atoms with Gasteiger partial charge in [0.15, 0.2) is 0 Å². The van der Waals surface area contributed by atoms with Crippen LogP contribution in [-0.4, -0.2) is 41.3 Å². The summed E-state index contributed by atoms with van der Waals surface area (Å²) in [6.07, 6.45) is 2.73. The highest BCUT2D eigenvalue weighted by molar-refractivity contribution is 5.75. The second-order valence-corrected chi connectivity index (χ2v) is 6.67. The lowest BCUT2D eigenvalue weighted by atomic mass is 9.76. The lowest BCUT2D eigenvalue weighted by molar-refractivity contribution is 0.150. The lowest BCUT2D eigenvalue weighted by Crippen LogP contribution is -2.53. The molecule has 2 amide bonds. The molecule has 2 N–H and O–H groups in total. The normalized spacial score (nSPS) is 20.0. The summed E-state index contributed by atoms with van der Waals surface area (Å²) in [4.78, 5) is 14.3. The molecular weight excluding hydrogens is 276 g/mol. The van der Waals surface area contributed by atoms with Gasteiger partial charge in [0.25, 0.3) is 0 Å². The van der Waals surface area contributed by atoms with Gasteiger partial charge in [-0.25, -0.2) is 4.79 Å². The smallest absolute Gasteiger partial charge is 0.317 e. The molecule has 1 fully saturated rings. The van der Waals surface area contributed by atoms with Crippen LogP contribution < -0.4 is 5.32 Å². The zero-order chi connectivity index (χ0) is 16.2. The van der Waals surface area contributed by atoms with Crippen molar-refractivity contribution in [3.8, 4) is 0 Å². The highest BCUT2D eigenvalue weighted by Crippen LogP contribution is 2.29. The fourth-order valence-electron chi connectivity index (χ4n) is 3.39. The number of rotatable bonds is 5. The zero-order valence-corrected chi connectivity index (χ0v) is 13.9. The van der Waals surface area contributed by atoms with Crippen molar-refractivity contribution in [2.75, 3.05) is 13.2 Å². The Bertz CT molecular complexity index is 487. The maximum absolute atomic E-state index is 12.6. The van der Waals surface area contributed by atoms with Crippen LogP contribution in [0.2, 0.25) is 0 Å². The number of likely N-dealkylation sites (tertiary alicyclic amines) is 1. The van der Waals surface area contributed by atoms with Crippen molar-refractivity contribution in [3.63, 3.8) is 0 Å². The number of hydrogen-bond donors (Lipinski definition) is 2. The second kappa shape index (κ2) is 7.14. The number of aliphatic hydroxyl groups is 1. The summed E-state index contributed by atoms with van der Waals surface area (Å²) in [6, 6.07) is 10.3. The molecule has 2 rings (SSSR count). The summed E-state index contributed by atoms with van der Waals surface area (Å²) in [5.74, 6) is 0. The number of nitrogens with one attached hydrogen (secondary N) is 1. The number of hydrogen-bond acceptors (Lipinski definition) is 2. The summed E-state index contributed by atoms with van der Waals surface area (Å²) in [5.41, 5.74) is 1.09. The molecule has 1 unspecified atom stereocenters. The molecule has 1 aliphatic rings. The number of amides is 2. The van der Waals surface area contributed by atoms with Crippen LogP contribution in [0.4, 0.5) is 4.79 Å². The summed E-state index contributed by atoms with van der Waals surface area (Å²) in [6.45, 7) is 7.23. The first kappa shape index (κ1) is 16.8. The number of aliphatic hydroxyl groups excluding tert-OH is 1. The Hall–Kier alpha value is -1.55.